The third kappa shape index (κ3) is 5.00. The topological polar surface area (TPSA) is 124 Å². The van der Waals surface area contributed by atoms with Crippen LogP contribution in [-0.4, -0.2) is 53.6 Å². The number of rotatable bonds is 7. The van der Waals surface area contributed by atoms with E-state index in [1.165, 1.54) is 6.42 Å². The predicted octanol–water partition coefficient (Wildman–Crippen LogP) is 3.15. The fourth-order valence-electron chi connectivity index (χ4n) is 8.70. The van der Waals surface area contributed by atoms with Gasteiger partial charge in [-0.1, -0.05) is 13.8 Å². The molecule has 0 aliphatic heterocycles. The van der Waals surface area contributed by atoms with Gasteiger partial charge < -0.3 is 15.5 Å². The molecule has 4 rings (SSSR count). The first-order chi connectivity index (χ1) is 15.4. The largest absolute Gasteiger partial charge is 0.393 e. The molecule has 0 unspecified atom stereocenters. The smallest absolute Gasteiger partial charge is 0.266 e. The molecule has 8 heteroatoms. The number of carbonyl (C=O) groups excluding carboxylic acids is 1. The van der Waals surface area contributed by atoms with Crippen molar-refractivity contribution in [3.63, 3.8) is 0 Å². The molecule has 4 aliphatic rings. The fourth-order valence-corrected chi connectivity index (χ4v) is 9.06. The summed E-state index contributed by atoms with van der Waals surface area (Å²) in [5, 5.41) is 24.1. The van der Waals surface area contributed by atoms with Gasteiger partial charge in [0.25, 0.3) is 10.1 Å². The summed E-state index contributed by atoms with van der Waals surface area (Å²) in [6.07, 6.45) is 9.95. The SMILES string of the molecule is C[C@]12CC[C@@H](O)C[C@H]1C[C@H](O)[C@@H]1[C@@H]2CC[C@]2(C)[C@@H](CCCC(=O)NCCS(=O)(=O)O)CC[C@@H]12. The van der Waals surface area contributed by atoms with Gasteiger partial charge in [0.05, 0.1) is 18.0 Å². The summed E-state index contributed by atoms with van der Waals surface area (Å²) >= 11 is 0. The zero-order valence-electron chi connectivity index (χ0n) is 20.2. The highest BCUT2D eigenvalue weighted by Gasteiger charge is 2.62. The molecule has 0 heterocycles. The van der Waals surface area contributed by atoms with Gasteiger partial charge in [-0.25, -0.2) is 0 Å². The van der Waals surface area contributed by atoms with Crippen molar-refractivity contribution in [1.82, 2.24) is 5.32 Å². The Balaban J connectivity index is 1.34. The molecule has 4 aliphatic carbocycles. The third-order valence-corrected chi connectivity index (χ3v) is 11.2. The average molecular weight is 486 g/mol. The summed E-state index contributed by atoms with van der Waals surface area (Å²) in [5.41, 5.74) is 0.448. The van der Waals surface area contributed by atoms with Crippen molar-refractivity contribution < 1.29 is 28.0 Å². The van der Waals surface area contributed by atoms with Crippen molar-refractivity contribution in [3.05, 3.63) is 0 Å². The molecule has 0 saturated heterocycles. The minimum Gasteiger partial charge on any atom is -0.393 e. The second-order valence-electron chi connectivity index (χ2n) is 12.1. The molecule has 0 spiro atoms. The van der Waals surface area contributed by atoms with Crippen LogP contribution >= 0.6 is 0 Å². The second kappa shape index (κ2) is 9.40. The van der Waals surface area contributed by atoms with Gasteiger partial charge in [-0.15, -0.1) is 0 Å². The lowest BCUT2D eigenvalue weighted by Gasteiger charge is -2.62. The van der Waals surface area contributed by atoms with E-state index in [-0.39, 0.29) is 35.5 Å². The fraction of sp³-hybridized carbons (Fsp3) is 0.960. The summed E-state index contributed by atoms with van der Waals surface area (Å²) in [4.78, 5) is 12.1. The normalized spacial score (nSPS) is 45.1. The molecule has 33 heavy (non-hydrogen) atoms. The number of carbonyl (C=O) groups is 1. The summed E-state index contributed by atoms with van der Waals surface area (Å²) in [7, 11) is -4.05. The van der Waals surface area contributed by atoms with Gasteiger partial charge in [0.15, 0.2) is 0 Å². The molecule has 0 bridgehead atoms. The summed E-state index contributed by atoms with van der Waals surface area (Å²) in [6.45, 7) is 4.80. The number of hydrogen-bond acceptors (Lipinski definition) is 5. The van der Waals surface area contributed by atoms with E-state index in [1.807, 2.05) is 0 Å². The van der Waals surface area contributed by atoms with E-state index in [4.69, 9.17) is 4.55 Å². The van der Waals surface area contributed by atoms with Gasteiger partial charge >= 0.3 is 0 Å². The molecule has 0 aromatic carbocycles. The van der Waals surface area contributed by atoms with E-state index in [0.29, 0.717) is 36.0 Å². The Hall–Kier alpha value is -0.700. The van der Waals surface area contributed by atoms with Gasteiger partial charge in [-0.2, -0.15) is 8.42 Å². The van der Waals surface area contributed by atoms with Crippen molar-refractivity contribution in [3.8, 4) is 0 Å². The van der Waals surface area contributed by atoms with Gasteiger partial charge in [-0.05, 0) is 105 Å². The van der Waals surface area contributed by atoms with Crippen LogP contribution in [0.3, 0.4) is 0 Å². The Morgan fingerprint density at radius 3 is 2.42 bits per heavy atom. The van der Waals surface area contributed by atoms with E-state index >= 15 is 0 Å². The highest BCUT2D eigenvalue weighted by atomic mass is 32.2. The summed E-state index contributed by atoms with van der Waals surface area (Å²) in [5.74, 6) is 1.80. The maximum absolute atomic E-state index is 12.1. The Bertz CT molecular complexity index is 833. The number of aliphatic hydroxyl groups is 2. The van der Waals surface area contributed by atoms with Crippen molar-refractivity contribution in [2.24, 2.45) is 40.4 Å². The van der Waals surface area contributed by atoms with Crippen LogP contribution in [0.2, 0.25) is 0 Å². The maximum atomic E-state index is 12.1. The molecule has 0 radical (unpaired) electrons. The van der Waals surface area contributed by atoms with Crippen LogP contribution in [0.25, 0.3) is 0 Å². The predicted molar refractivity (Wildman–Crippen MR) is 126 cm³/mol. The van der Waals surface area contributed by atoms with Crippen LogP contribution in [0.5, 0.6) is 0 Å². The summed E-state index contributed by atoms with van der Waals surface area (Å²) in [6, 6.07) is 0. The molecular formula is C25H43NO6S. The monoisotopic (exact) mass is 485 g/mol. The van der Waals surface area contributed by atoms with E-state index in [1.54, 1.807) is 0 Å². The molecule has 4 saturated carbocycles. The lowest BCUT2D eigenvalue weighted by Crippen LogP contribution is -2.58. The molecule has 0 aromatic rings. The average Bonchev–Trinajstić information content (AvgIpc) is 3.05. The third-order valence-electron chi connectivity index (χ3n) is 10.5. The zero-order chi connectivity index (χ0) is 24.0. The van der Waals surface area contributed by atoms with Crippen molar-refractivity contribution >= 4 is 16.0 Å². The first-order valence-electron chi connectivity index (χ1n) is 13.0. The summed E-state index contributed by atoms with van der Waals surface area (Å²) < 4.78 is 30.3. The number of nitrogens with one attached hydrogen (secondary N) is 1. The lowest BCUT2D eigenvalue weighted by atomic mass is 9.44. The van der Waals surface area contributed by atoms with Gasteiger partial charge in [0, 0.05) is 13.0 Å². The van der Waals surface area contributed by atoms with E-state index in [2.05, 4.69) is 19.2 Å². The Morgan fingerprint density at radius 1 is 1.00 bits per heavy atom. The number of aliphatic hydroxyl groups excluding tert-OH is 2. The standard InChI is InChI=1S/C25H43NO6S/c1-24-11-9-20-23(21(28)15-17-14-18(27)8-10-25(17,20)2)19(24)7-6-16(24)4-3-5-22(29)26-12-13-33(30,31)32/h16-21,23,27-28H,3-15H2,1-2H3,(H,26,29)(H,30,31,32)/t16-,17-,18+,19-,20-,21-,23-,24+,25-/m0/s1. The van der Waals surface area contributed by atoms with Crippen LogP contribution < -0.4 is 5.32 Å². The van der Waals surface area contributed by atoms with Crippen molar-refractivity contribution in [1.29, 1.82) is 0 Å². The minimum absolute atomic E-state index is 0.0569. The van der Waals surface area contributed by atoms with Crippen molar-refractivity contribution in [2.75, 3.05) is 12.3 Å². The zero-order valence-corrected chi connectivity index (χ0v) is 21.0. The second-order valence-corrected chi connectivity index (χ2v) is 13.6. The number of hydrogen-bond donors (Lipinski definition) is 4. The van der Waals surface area contributed by atoms with Crippen LogP contribution in [0.15, 0.2) is 0 Å². The Morgan fingerprint density at radius 2 is 1.70 bits per heavy atom. The van der Waals surface area contributed by atoms with Gasteiger partial charge in [-0.3, -0.25) is 9.35 Å². The van der Waals surface area contributed by atoms with Crippen LogP contribution in [0.4, 0.5) is 0 Å². The Kier molecular flexibility index (Phi) is 7.23. The highest BCUT2D eigenvalue weighted by molar-refractivity contribution is 7.85. The number of fused-ring (bicyclic) bond motifs is 5. The van der Waals surface area contributed by atoms with Gasteiger partial charge in [0.1, 0.15) is 0 Å². The Labute approximate surface area is 198 Å². The number of amides is 1. The molecule has 1 amide bonds. The molecule has 4 N–H and O–H groups in total. The molecule has 4 fully saturated rings. The van der Waals surface area contributed by atoms with Crippen LogP contribution in [-0.2, 0) is 14.9 Å². The van der Waals surface area contributed by atoms with E-state index in [0.717, 1.165) is 57.8 Å². The first-order valence-corrected chi connectivity index (χ1v) is 14.6. The molecule has 9 atom stereocenters. The van der Waals surface area contributed by atoms with E-state index in [9.17, 15) is 23.4 Å². The highest BCUT2D eigenvalue weighted by Crippen LogP contribution is 2.67. The maximum Gasteiger partial charge on any atom is 0.266 e. The molecular weight excluding hydrogens is 442 g/mol. The van der Waals surface area contributed by atoms with Crippen molar-refractivity contribution in [2.45, 2.75) is 96.7 Å². The minimum atomic E-state index is -4.05. The van der Waals surface area contributed by atoms with Crippen LogP contribution in [0.1, 0.15) is 84.5 Å². The molecule has 0 aromatic heterocycles. The molecule has 190 valence electrons. The quantitative estimate of drug-likeness (QED) is 0.411. The van der Waals surface area contributed by atoms with Gasteiger partial charge in [0.2, 0.25) is 5.91 Å². The molecule has 7 nitrogen and oxygen atoms in total. The first kappa shape index (κ1) is 25.4. The lowest BCUT2D eigenvalue weighted by molar-refractivity contribution is -0.172. The van der Waals surface area contributed by atoms with E-state index < -0.39 is 15.9 Å². The van der Waals surface area contributed by atoms with Crippen LogP contribution in [0, 0.1) is 40.4 Å².